The third kappa shape index (κ3) is 4.95. The monoisotopic (exact) mass is 324 g/mol. The maximum Gasteiger partial charge on any atom is 0.255 e. The van der Waals surface area contributed by atoms with E-state index >= 15 is 0 Å². The minimum atomic E-state index is -0.283. The van der Waals surface area contributed by atoms with Crippen molar-refractivity contribution in [2.24, 2.45) is 0 Å². The summed E-state index contributed by atoms with van der Waals surface area (Å²) >= 11 is 0. The fraction of sp³-hybridized carbons (Fsp3) is 0.300. The normalized spacial score (nSPS) is 11.0. The zero-order valence-electron chi connectivity index (χ0n) is 14.6. The molecule has 0 saturated carbocycles. The molecule has 0 radical (unpaired) electrons. The number of carbonyl (C=O) groups excluding carboxylic acids is 2. The molecular formula is C20H24N2O2. The van der Waals surface area contributed by atoms with Gasteiger partial charge in [-0.1, -0.05) is 19.1 Å². The van der Waals surface area contributed by atoms with Crippen molar-refractivity contribution in [2.45, 2.75) is 39.7 Å². The van der Waals surface area contributed by atoms with Gasteiger partial charge in [-0.2, -0.15) is 0 Å². The summed E-state index contributed by atoms with van der Waals surface area (Å²) in [5.41, 5.74) is 2.75. The average molecular weight is 324 g/mol. The number of benzene rings is 2. The number of hydrogen-bond donors (Lipinski definition) is 2. The van der Waals surface area contributed by atoms with Crippen molar-refractivity contribution in [1.82, 2.24) is 5.32 Å². The highest BCUT2D eigenvalue weighted by atomic mass is 16.2. The topological polar surface area (TPSA) is 58.2 Å². The fourth-order valence-electron chi connectivity index (χ4n) is 2.21. The molecule has 2 aromatic rings. The van der Waals surface area contributed by atoms with Crippen LogP contribution in [0.2, 0.25) is 0 Å². The van der Waals surface area contributed by atoms with E-state index in [0.29, 0.717) is 16.8 Å². The molecule has 0 unspecified atom stereocenters. The molecule has 0 saturated heterocycles. The van der Waals surface area contributed by atoms with Gasteiger partial charge in [0.2, 0.25) is 0 Å². The molecule has 2 amide bonds. The van der Waals surface area contributed by atoms with E-state index in [9.17, 15) is 9.59 Å². The van der Waals surface area contributed by atoms with Crippen LogP contribution in [0.1, 0.15) is 54.0 Å². The quantitative estimate of drug-likeness (QED) is 0.892. The first-order valence-corrected chi connectivity index (χ1v) is 8.11. The van der Waals surface area contributed by atoms with E-state index in [4.69, 9.17) is 0 Å². The molecular weight excluding hydrogens is 300 g/mol. The van der Waals surface area contributed by atoms with Crippen molar-refractivity contribution in [1.29, 1.82) is 0 Å². The highest BCUT2D eigenvalue weighted by molar-refractivity contribution is 6.04. The Morgan fingerprint density at radius 2 is 1.33 bits per heavy atom. The highest BCUT2D eigenvalue weighted by Crippen LogP contribution is 2.13. The lowest BCUT2D eigenvalue weighted by Crippen LogP contribution is -2.40. The molecule has 0 aliphatic carbocycles. The molecule has 0 fully saturated rings. The van der Waals surface area contributed by atoms with E-state index in [1.807, 2.05) is 45.0 Å². The Balaban J connectivity index is 2.02. The molecule has 2 aromatic carbocycles. The Kier molecular flexibility index (Phi) is 5.39. The molecule has 24 heavy (non-hydrogen) atoms. The predicted octanol–water partition coefficient (Wildman–Crippen LogP) is 4.03. The number of hydrogen-bond acceptors (Lipinski definition) is 2. The van der Waals surface area contributed by atoms with Crippen molar-refractivity contribution >= 4 is 17.5 Å². The summed E-state index contributed by atoms with van der Waals surface area (Å²) in [6.07, 6.45) is 0.944. The second kappa shape index (κ2) is 7.30. The van der Waals surface area contributed by atoms with Gasteiger partial charge >= 0.3 is 0 Å². The Hall–Kier alpha value is -2.62. The van der Waals surface area contributed by atoms with Gasteiger partial charge in [0.15, 0.2) is 0 Å². The van der Waals surface area contributed by atoms with Gasteiger partial charge < -0.3 is 10.6 Å². The molecule has 0 heterocycles. The largest absolute Gasteiger partial charge is 0.347 e. The Morgan fingerprint density at radius 1 is 0.833 bits per heavy atom. The van der Waals surface area contributed by atoms with E-state index in [2.05, 4.69) is 17.6 Å². The second-order valence-corrected chi connectivity index (χ2v) is 6.79. The van der Waals surface area contributed by atoms with Crippen LogP contribution in [0.5, 0.6) is 0 Å². The molecule has 4 heteroatoms. The van der Waals surface area contributed by atoms with Crippen LogP contribution in [0.4, 0.5) is 5.69 Å². The van der Waals surface area contributed by atoms with Crippen molar-refractivity contribution in [2.75, 3.05) is 5.32 Å². The Labute approximate surface area is 143 Å². The summed E-state index contributed by atoms with van der Waals surface area (Å²) in [6.45, 7) is 7.88. The predicted molar refractivity (Wildman–Crippen MR) is 97.4 cm³/mol. The van der Waals surface area contributed by atoms with Crippen LogP contribution in [0.3, 0.4) is 0 Å². The summed E-state index contributed by atoms with van der Waals surface area (Å²) < 4.78 is 0. The first-order valence-electron chi connectivity index (χ1n) is 8.11. The lowest BCUT2D eigenvalue weighted by Gasteiger charge is -2.20. The van der Waals surface area contributed by atoms with Crippen molar-refractivity contribution in [3.63, 3.8) is 0 Å². The number of nitrogens with one attached hydrogen (secondary N) is 2. The Bertz CT molecular complexity index is 711. The SMILES string of the molecule is CCc1ccc(C(=O)Nc2ccc(C(=O)NC(C)(C)C)cc2)cc1. The smallest absolute Gasteiger partial charge is 0.255 e. The zero-order valence-corrected chi connectivity index (χ0v) is 14.6. The maximum atomic E-state index is 12.2. The molecule has 0 bridgehead atoms. The van der Waals surface area contributed by atoms with Crippen LogP contribution in [0.15, 0.2) is 48.5 Å². The van der Waals surface area contributed by atoms with Gasteiger partial charge in [-0.25, -0.2) is 0 Å². The summed E-state index contributed by atoms with van der Waals surface area (Å²) in [5, 5.41) is 5.75. The minimum Gasteiger partial charge on any atom is -0.347 e. The van der Waals surface area contributed by atoms with E-state index in [1.54, 1.807) is 24.3 Å². The molecule has 4 nitrogen and oxygen atoms in total. The first-order chi connectivity index (χ1) is 11.3. The van der Waals surface area contributed by atoms with Gasteiger partial charge in [0.05, 0.1) is 0 Å². The van der Waals surface area contributed by atoms with E-state index in [0.717, 1.165) is 6.42 Å². The second-order valence-electron chi connectivity index (χ2n) is 6.79. The van der Waals surface area contributed by atoms with Crippen LogP contribution in [-0.4, -0.2) is 17.4 Å². The summed E-state index contributed by atoms with van der Waals surface area (Å²) in [5.74, 6) is -0.292. The number of anilines is 1. The summed E-state index contributed by atoms with van der Waals surface area (Å²) in [7, 11) is 0. The molecule has 0 aliphatic heterocycles. The fourth-order valence-corrected chi connectivity index (χ4v) is 2.21. The highest BCUT2D eigenvalue weighted by Gasteiger charge is 2.15. The van der Waals surface area contributed by atoms with E-state index < -0.39 is 0 Å². The number of carbonyl (C=O) groups is 2. The molecule has 2 N–H and O–H groups in total. The van der Waals surface area contributed by atoms with E-state index in [-0.39, 0.29) is 17.4 Å². The summed E-state index contributed by atoms with van der Waals surface area (Å²) in [6, 6.07) is 14.4. The third-order valence-electron chi connectivity index (χ3n) is 3.52. The van der Waals surface area contributed by atoms with Gasteiger partial charge in [-0.05, 0) is 69.2 Å². The minimum absolute atomic E-state index is 0.129. The van der Waals surface area contributed by atoms with Crippen LogP contribution < -0.4 is 10.6 Å². The zero-order chi connectivity index (χ0) is 17.7. The average Bonchev–Trinajstić information content (AvgIpc) is 2.54. The van der Waals surface area contributed by atoms with Crippen molar-refractivity contribution in [3.05, 3.63) is 65.2 Å². The van der Waals surface area contributed by atoms with Crippen LogP contribution in [-0.2, 0) is 6.42 Å². The Morgan fingerprint density at radius 3 is 1.83 bits per heavy atom. The van der Waals surface area contributed by atoms with Gasteiger partial charge in [-0.15, -0.1) is 0 Å². The molecule has 2 rings (SSSR count). The molecule has 0 atom stereocenters. The van der Waals surface area contributed by atoms with Crippen LogP contribution in [0.25, 0.3) is 0 Å². The third-order valence-corrected chi connectivity index (χ3v) is 3.52. The molecule has 0 spiro atoms. The van der Waals surface area contributed by atoms with Gasteiger partial charge in [0.25, 0.3) is 11.8 Å². The molecule has 0 aromatic heterocycles. The molecule has 126 valence electrons. The van der Waals surface area contributed by atoms with Gasteiger partial charge in [-0.3, -0.25) is 9.59 Å². The van der Waals surface area contributed by atoms with Crippen molar-refractivity contribution in [3.8, 4) is 0 Å². The number of amides is 2. The maximum absolute atomic E-state index is 12.2. The summed E-state index contributed by atoms with van der Waals surface area (Å²) in [4.78, 5) is 24.3. The van der Waals surface area contributed by atoms with Gasteiger partial charge in [0.1, 0.15) is 0 Å². The van der Waals surface area contributed by atoms with Crippen LogP contribution in [0, 0.1) is 0 Å². The molecule has 0 aliphatic rings. The van der Waals surface area contributed by atoms with Crippen LogP contribution >= 0.6 is 0 Å². The van der Waals surface area contributed by atoms with Gasteiger partial charge in [0, 0.05) is 22.4 Å². The first kappa shape index (κ1) is 17.7. The lowest BCUT2D eigenvalue weighted by molar-refractivity contribution is 0.0919. The number of aryl methyl sites for hydroxylation is 1. The lowest BCUT2D eigenvalue weighted by atomic mass is 10.1. The van der Waals surface area contributed by atoms with Crippen molar-refractivity contribution < 1.29 is 9.59 Å². The standard InChI is InChI=1S/C20H24N2O2/c1-5-14-6-8-15(9-7-14)18(23)21-17-12-10-16(11-13-17)19(24)22-20(2,3)4/h6-13H,5H2,1-4H3,(H,21,23)(H,22,24). The van der Waals surface area contributed by atoms with E-state index in [1.165, 1.54) is 5.56 Å². The number of rotatable bonds is 4.